The molecule has 0 aliphatic rings. The Morgan fingerprint density at radius 2 is 1.94 bits per heavy atom. The first-order chi connectivity index (χ1) is 7.50. The number of carboxylic acids is 1. The van der Waals surface area contributed by atoms with Crippen molar-refractivity contribution in [3.8, 4) is 0 Å². The molecule has 0 aliphatic carbocycles. The van der Waals surface area contributed by atoms with Crippen LogP contribution in [-0.2, 0) is 11.3 Å². The molecule has 0 saturated heterocycles. The molecule has 88 valence electrons. The lowest BCUT2D eigenvalue weighted by Crippen LogP contribution is -2.33. The second-order valence-corrected chi connectivity index (χ2v) is 3.48. The molecule has 0 fully saturated rings. The topological polar surface area (TPSA) is 49.3 Å². The fourth-order valence-electron chi connectivity index (χ4n) is 1.14. The predicted octanol–water partition coefficient (Wildman–Crippen LogP) is 2.19. The lowest BCUT2D eigenvalue weighted by Gasteiger charge is -2.09. The lowest BCUT2D eigenvalue weighted by molar-refractivity contribution is -0.139. The summed E-state index contributed by atoms with van der Waals surface area (Å²) < 4.78 is 24.5. The van der Waals surface area contributed by atoms with Gasteiger partial charge in [0.1, 0.15) is 6.04 Å². The molecular weight excluding hydrogens is 216 g/mol. The molecule has 1 unspecified atom stereocenters. The predicted molar refractivity (Wildman–Crippen MR) is 55.3 cm³/mol. The molecule has 0 heterocycles. The van der Waals surface area contributed by atoms with Crippen molar-refractivity contribution in [2.24, 2.45) is 0 Å². The summed E-state index contributed by atoms with van der Waals surface area (Å²) in [6.07, 6.45) is -2.47. The van der Waals surface area contributed by atoms with Crippen LogP contribution >= 0.6 is 0 Å². The van der Waals surface area contributed by atoms with Gasteiger partial charge in [-0.15, -0.1) is 0 Å². The van der Waals surface area contributed by atoms with Crippen LogP contribution in [-0.4, -0.2) is 17.1 Å². The molecule has 0 aliphatic heterocycles. The first kappa shape index (κ1) is 12.6. The van der Waals surface area contributed by atoms with Crippen LogP contribution in [0.25, 0.3) is 0 Å². The average Bonchev–Trinajstić information content (AvgIpc) is 2.26. The highest BCUT2D eigenvalue weighted by molar-refractivity contribution is 5.72. The number of hydrogen-bond acceptors (Lipinski definition) is 2. The van der Waals surface area contributed by atoms with E-state index in [2.05, 4.69) is 5.32 Å². The molecule has 0 radical (unpaired) electrons. The number of carboxylic acid groups (broad SMARTS) is 1. The lowest BCUT2D eigenvalue weighted by atomic mass is 10.1. The van der Waals surface area contributed by atoms with E-state index in [-0.39, 0.29) is 5.56 Å². The Bertz CT molecular complexity index is 352. The number of halogens is 2. The van der Waals surface area contributed by atoms with Gasteiger partial charge in [-0.25, -0.2) is 8.78 Å². The van der Waals surface area contributed by atoms with E-state index in [0.29, 0.717) is 6.54 Å². The summed E-state index contributed by atoms with van der Waals surface area (Å²) in [5.41, 5.74) is 0.743. The summed E-state index contributed by atoms with van der Waals surface area (Å²) in [5.74, 6) is -0.941. The van der Waals surface area contributed by atoms with Gasteiger partial charge in [0.05, 0.1) is 0 Å². The highest BCUT2D eigenvalue weighted by Crippen LogP contribution is 2.18. The highest BCUT2D eigenvalue weighted by atomic mass is 19.3. The maximum atomic E-state index is 12.2. The molecule has 0 bridgehead atoms. The van der Waals surface area contributed by atoms with E-state index in [0.717, 1.165) is 5.56 Å². The summed E-state index contributed by atoms with van der Waals surface area (Å²) in [6.45, 7) is 1.87. The van der Waals surface area contributed by atoms with Crippen molar-refractivity contribution in [3.05, 3.63) is 35.4 Å². The molecule has 1 atom stereocenters. The van der Waals surface area contributed by atoms with Gasteiger partial charge in [-0.2, -0.15) is 0 Å². The number of hydrogen-bond donors (Lipinski definition) is 2. The zero-order valence-corrected chi connectivity index (χ0v) is 8.78. The van der Waals surface area contributed by atoms with E-state index in [4.69, 9.17) is 5.11 Å². The largest absolute Gasteiger partial charge is 0.480 e. The van der Waals surface area contributed by atoms with Crippen LogP contribution in [0, 0.1) is 0 Å². The third kappa shape index (κ3) is 3.58. The second-order valence-electron chi connectivity index (χ2n) is 3.48. The van der Waals surface area contributed by atoms with Crippen molar-refractivity contribution >= 4 is 5.97 Å². The van der Waals surface area contributed by atoms with E-state index in [9.17, 15) is 13.6 Å². The van der Waals surface area contributed by atoms with Gasteiger partial charge in [0.2, 0.25) is 0 Å². The van der Waals surface area contributed by atoms with Crippen molar-refractivity contribution in [1.29, 1.82) is 0 Å². The molecular formula is C11H13F2NO2. The first-order valence-electron chi connectivity index (χ1n) is 4.84. The van der Waals surface area contributed by atoms with Crippen LogP contribution in [0.2, 0.25) is 0 Å². The Kier molecular flexibility index (Phi) is 4.37. The maximum Gasteiger partial charge on any atom is 0.320 e. The number of carbonyl (C=O) groups is 1. The second kappa shape index (κ2) is 5.55. The van der Waals surface area contributed by atoms with Gasteiger partial charge in [-0.3, -0.25) is 4.79 Å². The summed E-state index contributed by atoms with van der Waals surface area (Å²) in [5, 5.41) is 11.4. The Morgan fingerprint density at radius 3 is 2.38 bits per heavy atom. The normalized spacial score (nSPS) is 12.8. The zero-order valence-electron chi connectivity index (χ0n) is 8.78. The average molecular weight is 229 g/mol. The molecule has 3 nitrogen and oxygen atoms in total. The Balaban J connectivity index is 2.52. The van der Waals surface area contributed by atoms with Gasteiger partial charge >= 0.3 is 5.97 Å². The molecule has 0 aromatic heterocycles. The highest BCUT2D eigenvalue weighted by Gasteiger charge is 2.10. The van der Waals surface area contributed by atoms with Gasteiger partial charge < -0.3 is 10.4 Å². The fraction of sp³-hybridized carbons (Fsp3) is 0.364. The van der Waals surface area contributed by atoms with Crippen LogP contribution in [0.1, 0.15) is 24.5 Å². The van der Waals surface area contributed by atoms with Crippen molar-refractivity contribution in [2.45, 2.75) is 25.9 Å². The SMILES string of the molecule is CC(NCc1ccc(C(F)F)cc1)C(=O)O. The Labute approximate surface area is 92.1 Å². The minimum Gasteiger partial charge on any atom is -0.480 e. The number of alkyl halides is 2. The standard InChI is InChI=1S/C11H13F2NO2/c1-7(11(15)16)14-6-8-2-4-9(5-3-8)10(12)13/h2-5,7,10,14H,6H2,1H3,(H,15,16). The number of rotatable bonds is 5. The van der Waals surface area contributed by atoms with Gasteiger partial charge in [0.15, 0.2) is 0 Å². The third-order valence-corrected chi connectivity index (χ3v) is 2.21. The minimum atomic E-state index is -2.47. The summed E-state index contributed by atoms with van der Waals surface area (Å²) in [7, 11) is 0. The molecule has 1 aromatic carbocycles. The van der Waals surface area contributed by atoms with Crippen LogP contribution in [0.3, 0.4) is 0 Å². The number of aliphatic carboxylic acids is 1. The summed E-state index contributed by atoms with van der Waals surface area (Å²) >= 11 is 0. The van der Waals surface area contributed by atoms with E-state index in [1.807, 2.05) is 0 Å². The zero-order chi connectivity index (χ0) is 12.1. The molecule has 1 aromatic rings. The smallest absolute Gasteiger partial charge is 0.320 e. The quantitative estimate of drug-likeness (QED) is 0.813. The molecule has 16 heavy (non-hydrogen) atoms. The molecule has 0 saturated carbocycles. The van der Waals surface area contributed by atoms with E-state index < -0.39 is 18.4 Å². The van der Waals surface area contributed by atoms with Crippen molar-refractivity contribution in [1.82, 2.24) is 5.32 Å². The first-order valence-corrected chi connectivity index (χ1v) is 4.84. The fourth-order valence-corrected chi connectivity index (χ4v) is 1.14. The van der Waals surface area contributed by atoms with E-state index >= 15 is 0 Å². The summed E-state index contributed by atoms with van der Waals surface area (Å²) in [6, 6.07) is 5.14. The number of benzene rings is 1. The van der Waals surface area contributed by atoms with Crippen LogP contribution < -0.4 is 5.32 Å². The van der Waals surface area contributed by atoms with E-state index in [1.54, 1.807) is 12.1 Å². The molecule has 0 amide bonds. The van der Waals surface area contributed by atoms with Crippen molar-refractivity contribution in [3.63, 3.8) is 0 Å². The van der Waals surface area contributed by atoms with Gasteiger partial charge in [-0.1, -0.05) is 24.3 Å². The van der Waals surface area contributed by atoms with Crippen molar-refractivity contribution in [2.75, 3.05) is 0 Å². The molecule has 5 heteroatoms. The third-order valence-electron chi connectivity index (χ3n) is 2.21. The van der Waals surface area contributed by atoms with Crippen LogP contribution in [0.5, 0.6) is 0 Å². The Hall–Kier alpha value is -1.49. The van der Waals surface area contributed by atoms with Gasteiger partial charge in [0.25, 0.3) is 6.43 Å². The van der Waals surface area contributed by atoms with Crippen LogP contribution in [0.15, 0.2) is 24.3 Å². The van der Waals surface area contributed by atoms with Gasteiger partial charge in [0, 0.05) is 12.1 Å². The number of nitrogens with one attached hydrogen (secondary N) is 1. The van der Waals surface area contributed by atoms with E-state index in [1.165, 1.54) is 19.1 Å². The molecule has 0 spiro atoms. The Morgan fingerprint density at radius 1 is 1.38 bits per heavy atom. The maximum absolute atomic E-state index is 12.2. The molecule has 1 rings (SSSR count). The van der Waals surface area contributed by atoms with Crippen LogP contribution in [0.4, 0.5) is 8.78 Å². The van der Waals surface area contributed by atoms with Crippen molar-refractivity contribution < 1.29 is 18.7 Å². The van der Waals surface area contributed by atoms with Gasteiger partial charge in [-0.05, 0) is 12.5 Å². The molecule has 2 N–H and O–H groups in total. The monoisotopic (exact) mass is 229 g/mol. The summed E-state index contributed by atoms with van der Waals surface area (Å²) in [4.78, 5) is 10.5. The minimum absolute atomic E-state index is 0.0324.